The fraction of sp³-hybridized carbons (Fsp3) is 0.267. The summed E-state index contributed by atoms with van der Waals surface area (Å²) in [5.74, 6) is 0.126. The molecule has 1 fully saturated rings. The molecule has 120 valence electrons. The maximum Gasteiger partial charge on any atom is 0.309 e. The minimum absolute atomic E-state index is 0.0779. The van der Waals surface area contributed by atoms with Gasteiger partial charge in [0, 0.05) is 30.8 Å². The number of carboxylic acid groups (broad SMARTS) is 1. The lowest BCUT2D eigenvalue weighted by Crippen LogP contribution is -2.49. The van der Waals surface area contributed by atoms with E-state index in [1.165, 1.54) is 12.1 Å². The van der Waals surface area contributed by atoms with Crippen LogP contribution in [0.25, 0.3) is 11.3 Å². The van der Waals surface area contributed by atoms with Gasteiger partial charge in [0.15, 0.2) is 0 Å². The molecule has 8 heteroatoms. The summed E-state index contributed by atoms with van der Waals surface area (Å²) in [5, 5.41) is 19.8. The number of hydrogen-bond acceptors (Lipinski definition) is 5. The van der Waals surface area contributed by atoms with Crippen LogP contribution in [0.3, 0.4) is 0 Å². The second-order valence-electron chi connectivity index (χ2n) is 5.42. The van der Waals surface area contributed by atoms with Crippen LogP contribution in [-0.2, 0) is 11.3 Å². The molecule has 1 aromatic heterocycles. The third kappa shape index (κ3) is 3.20. The van der Waals surface area contributed by atoms with Gasteiger partial charge in [-0.2, -0.15) is 0 Å². The number of non-ortho nitro benzene ring substituents is 1. The number of furan rings is 1. The largest absolute Gasteiger partial charge is 0.481 e. The summed E-state index contributed by atoms with van der Waals surface area (Å²) in [5.41, 5.74) is 0.501. The fourth-order valence-corrected chi connectivity index (χ4v) is 2.77. The Bertz CT molecular complexity index is 767. The molecule has 0 amide bonds. The van der Waals surface area contributed by atoms with E-state index in [4.69, 9.17) is 21.1 Å². The number of likely N-dealkylation sites (tertiary alicyclic amines) is 1. The second-order valence-corrected chi connectivity index (χ2v) is 5.82. The molecular weight excluding hydrogens is 324 g/mol. The molecule has 1 aliphatic heterocycles. The lowest BCUT2D eigenvalue weighted by Gasteiger charge is -2.35. The molecule has 2 aromatic rings. The molecule has 2 heterocycles. The Labute approximate surface area is 136 Å². The zero-order valence-corrected chi connectivity index (χ0v) is 12.7. The summed E-state index contributed by atoms with van der Waals surface area (Å²) < 4.78 is 5.71. The van der Waals surface area contributed by atoms with Crippen LogP contribution in [0.4, 0.5) is 5.69 Å². The molecular formula is C15H13ClN2O5. The standard InChI is InChI=1S/C15H13ClN2O5/c16-13-5-10(18(21)22)1-3-12(13)14-4-2-11(23-14)8-17-6-9(7-17)15(19)20/h1-5,9H,6-8H2,(H,19,20). The Kier molecular flexibility index (Phi) is 4.06. The molecule has 0 unspecified atom stereocenters. The maximum atomic E-state index is 10.8. The molecule has 0 saturated carbocycles. The topological polar surface area (TPSA) is 96.8 Å². The van der Waals surface area contributed by atoms with Crippen LogP contribution in [0.5, 0.6) is 0 Å². The number of nitrogens with zero attached hydrogens (tertiary/aromatic N) is 2. The molecule has 7 nitrogen and oxygen atoms in total. The number of rotatable bonds is 5. The number of carbonyl (C=O) groups is 1. The number of hydrogen-bond donors (Lipinski definition) is 1. The van der Waals surface area contributed by atoms with Crippen molar-refractivity contribution in [1.82, 2.24) is 4.90 Å². The first-order valence-corrected chi connectivity index (χ1v) is 7.30. The fourth-order valence-electron chi connectivity index (χ4n) is 2.50. The van der Waals surface area contributed by atoms with Crippen molar-refractivity contribution in [2.75, 3.05) is 13.1 Å². The van der Waals surface area contributed by atoms with Gasteiger partial charge in [-0.1, -0.05) is 11.6 Å². The molecule has 3 rings (SSSR count). The third-order valence-corrected chi connectivity index (χ3v) is 4.09. The summed E-state index contributed by atoms with van der Waals surface area (Å²) in [7, 11) is 0. The van der Waals surface area contributed by atoms with Crippen LogP contribution >= 0.6 is 11.6 Å². The van der Waals surface area contributed by atoms with Gasteiger partial charge in [0.25, 0.3) is 5.69 Å². The van der Waals surface area contributed by atoms with Gasteiger partial charge in [-0.05, 0) is 18.2 Å². The highest BCUT2D eigenvalue weighted by Crippen LogP contribution is 2.32. The highest BCUT2D eigenvalue weighted by molar-refractivity contribution is 6.33. The van der Waals surface area contributed by atoms with E-state index in [9.17, 15) is 14.9 Å². The summed E-state index contributed by atoms with van der Waals surface area (Å²) in [4.78, 5) is 22.9. The molecule has 0 spiro atoms. The highest BCUT2D eigenvalue weighted by atomic mass is 35.5. The van der Waals surface area contributed by atoms with Crippen molar-refractivity contribution in [2.24, 2.45) is 5.92 Å². The van der Waals surface area contributed by atoms with E-state index < -0.39 is 10.9 Å². The number of benzene rings is 1. The smallest absolute Gasteiger partial charge is 0.309 e. The molecule has 0 aliphatic carbocycles. The van der Waals surface area contributed by atoms with Crippen LogP contribution in [-0.4, -0.2) is 34.0 Å². The number of nitro groups is 1. The van der Waals surface area contributed by atoms with Crippen LogP contribution in [0.1, 0.15) is 5.76 Å². The molecule has 1 aliphatic rings. The first-order chi connectivity index (χ1) is 10.9. The second kappa shape index (κ2) is 6.02. The number of nitro benzene ring substituents is 1. The molecule has 1 aromatic carbocycles. The van der Waals surface area contributed by atoms with Gasteiger partial charge in [0.1, 0.15) is 11.5 Å². The molecule has 23 heavy (non-hydrogen) atoms. The maximum absolute atomic E-state index is 10.8. The Morgan fingerprint density at radius 1 is 1.39 bits per heavy atom. The molecule has 1 N–H and O–H groups in total. The van der Waals surface area contributed by atoms with Gasteiger partial charge >= 0.3 is 5.97 Å². The highest BCUT2D eigenvalue weighted by Gasteiger charge is 2.32. The molecule has 0 atom stereocenters. The third-order valence-electron chi connectivity index (χ3n) is 3.78. The summed E-state index contributed by atoms with van der Waals surface area (Å²) in [6.07, 6.45) is 0. The number of carboxylic acids is 1. The minimum Gasteiger partial charge on any atom is -0.481 e. The van der Waals surface area contributed by atoms with E-state index in [0.717, 1.165) is 0 Å². The van der Waals surface area contributed by atoms with Gasteiger partial charge in [-0.15, -0.1) is 0 Å². The Morgan fingerprint density at radius 2 is 2.13 bits per heavy atom. The van der Waals surface area contributed by atoms with Gasteiger partial charge < -0.3 is 9.52 Å². The zero-order chi connectivity index (χ0) is 16.6. The Hall–Kier alpha value is -2.38. The van der Waals surface area contributed by atoms with Crippen LogP contribution in [0.15, 0.2) is 34.7 Å². The lowest BCUT2D eigenvalue weighted by molar-refractivity contribution is -0.384. The SMILES string of the molecule is O=C(O)C1CN(Cc2ccc(-c3ccc([N+](=O)[O-])cc3Cl)o2)C1. The first-order valence-electron chi connectivity index (χ1n) is 6.92. The van der Waals surface area contributed by atoms with Gasteiger partial charge in [0.05, 0.1) is 22.4 Å². The van der Waals surface area contributed by atoms with Crippen molar-refractivity contribution in [3.63, 3.8) is 0 Å². The van der Waals surface area contributed by atoms with Gasteiger partial charge in [0.2, 0.25) is 0 Å². The summed E-state index contributed by atoms with van der Waals surface area (Å²) in [6.45, 7) is 1.53. The monoisotopic (exact) mass is 336 g/mol. The van der Waals surface area contributed by atoms with Gasteiger partial charge in [-0.25, -0.2) is 0 Å². The predicted octanol–water partition coefficient (Wildman–Crippen LogP) is 3.02. The van der Waals surface area contributed by atoms with Crippen LogP contribution < -0.4 is 0 Å². The quantitative estimate of drug-likeness (QED) is 0.666. The number of aliphatic carboxylic acids is 1. The van der Waals surface area contributed by atoms with E-state index in [1.807, 2.05) is 4.90 Å². The van der Waals surface area contributed by atoms with Crippen molar-refractivity contribution >= 4 is 23.3 Å². The van der Waals surface area contributed by atoms with Crippen LogP contribution in [0, 0.1) is 16.0 Å². The van der Waals surface area contributed by atoms with Crippen molar-refractivity contribution in [1.29, 1.82) is 0 Å². The van der Waals surface area contributed by atoms with Crippen molar-refractivity contribution in [3.8, 4) is 11.3 Å². The average molecular weight is 337 g/mol. The van der Waals surface area contributed by atoms with E-state index >= 15 is 0 Å². The zero-order valence-electron chi connectivity index (χ0n) is 11.9. The Morgan fingerprint density at radius 3 is 2.74 bits per heavy atom. The predicted molar refractivity (Wildman–Crippen MR) is 82.2 cm³/mol. The lowest BCUT2D eigenvalue weighted by atomic mass is 10.0. The van der Waals surface area contributed by atoms with Crippen LogP contribution in [0.2, 0.25) is 5.02 Å². The average Bonchev–Trinajstić information content (AvgIpc) is 2.90. The molecule has 0 radical (unpaired) electrons. The van der Waals surface area contributed by atoms with Gasteiger partial charge in [-0.3, -0.25) is 19.8 Å². The van der Waals surface area contributed by atoms with E-state index in [-0.39, 0.29) is 16.6 Å². The van der Waals surface area contributed by atoms with E-state index in [1.54, 1.807) is 18.2 Å². The molecule has 1 saturated heterocycles. The normalized spacial score (nSPS) is 15.3. The van der Waals surface area contributed by atoms with E-state index in [2.05, 4.69) is 0 Å². The molecule has 0 bridgehead atoms. The van der Waals surface area contributed by atoms with Crippen molar-refractivity contribution < 1.29 is 19.2 Å². The van der Waals surface area contributed by atoms with Crippen molar-refractivity contribution in [3.05, 3.63) is 51.2 Å². The summed E-state index contributed by atoms with van der Waals surface area (Å²) >= 11 is 6.08. The van der Waals surface area contributed by atoms with E-state index in [0.29, 0.717) is 36.7 Å². The number of halogens is 1. The summed E-state index contributed by atoms with van der Waals surface area (Å²) in [6, 6.07) is 7.74. The minimum atomic E-state index is -0.779. The first kappa shape index (κ1) is 15.5. The Balaban J connectivity index is 1.70. The van der Waals surface area contributed by atoms with Crippen molar-refractivity contribution in [2.45, 2.75) is 6.54 Å².